The predicted octanol–water partition coefficient (Wildman–Crippen LogP) is 3.50. The molecule has 1 saturated heterocycles. The van der Waals surface area contributed by atoms with Crippen molar-refractivity contribution in [3.8, 4) is 0 Å². The maximum Gasteiger partial charge on any atom is 0.251 e. The molecule has 2 aromatic rings. The first-order valence-electron chi connectivity index (χ1n) is 9.30. The van der Waals surface area contributed by atoms with Gasteiger partial charge in [-0.05, 0) is 61.8 Å². The van der Waals surface area contributed by atoms with Gasteiger partial charge in [0.1, 0.15) is 5.82 Å². The van der Waals surface area contributed by atoms with E-state index in [2.05, 4.69) is 10.3 Å². The van der Waals surface area contributed by atoms with Crippen LogP contribution in [0.1, 0.15) is 66.3 Å². The van der Waals surface area contributed by atoms with Crippen LogP contribution in [0.5, 0.6) is 0 Å². The summed E-state index contributed by atoms with van der Waals surface area (Å²) in [5, 5.41) is 2.96. The minimum absolute atomic E-state index is 0.000172. The second-order valence-corrected chi connectivity index (χ2v) is 7.59. The summed E-state index contributed by atoms with van der Waals surface area (Å²) in [6.45, 7) is 1.85. The molecule has 4 rings (SSSR count). The molecule has 1 unspecified atom stereocenters. The zero-order chi connectivity index (χ0) is 18.3. The number of aromatic nitrogens is 1. The number of benzene rings is 1. The Kier molecular flexibility index (Phi) is 4.39. The number of H-pyrrole nitrogens is 1. The predicted molar refractivity (Wildman–Crippen MR) is 97.8 cm³/mol. The number of hydrogen-bond acceptors (Lipinski definition) is 2. The minimum atomic E-state index is -0.292. The van der Waals surface area contributed by atoms with E-state index in [4.69, 9.17) is 0 Å². The molecule has 4 nitrogen and oxygen atoms in total. The molecule has 0 radical (unpaired) electrons. The highest BCUT2D eigenvalue weighted by Crippen LogP contribution is 2.39. The minimum Gasteiger partial charge on any atom is -0.353 e. The molecule has 1 aromatic carbocycles. The molecule has 2 N–H and O–H groups in total. The molecule has 2 fully saturated rings. The van der Waals surface area contributed by atoms with E-state index >= 15 is 0 Å². The molecule has 26 heavy (non-hydrogen) atoms. The number of rotatable bonds is 5. The Hall–Kier alpha value is -2.43. The van der Waals surface area contributed by atoms with Gasteiger partial charge >= 0.3 is 0 Å². The summed E-state index contributed by atoms with van der Waals surface area (Å²) in [7, 11) is 0. The SMILES string of the molecule is Cc1ccc(C(C[C@H]2CCC(=O)N2)c2ccc(C3CC3)c(=O)[nH]2)c(F)c1. The van der Waals surface area contributed by atoms with Crippen molar-refractivity contribution in [2.75, 3.05) is 0 Å². The van der Waals surface area contributed by atoms with Crippen molar-refractivity contribution in [3.63, 3.8) is 0 Å². The van der Waals surface area contributed by atoms with Gasteiger partial charge in [0.15, 0.2) is 0 Å². The van der Waals surface area contributed by atoms with Crippen LogP contribution < -0.4 is 10.9 Å². The molecule has 1 aliphatic carbocycles. The summed E-state index contributed by atoms with van der Waals surface area (Å²) in [5.74, 6) is -0.154. The summed E-state index contributed by atoms with van der Waals surface area (Å²) in [5.41, 5.74) is 2.88. The summed E-state index contributed by atoms with van der Waals surface area (Å²) in [4.78, 5) is 27.0. The van der Waals surface area contributed by atoms with Crippen LogP contribution in [0.25, 0.3) is 0 Å². The highest BCUT2D eigenvalue weighted by Gasteiger charge is 2.30. The second-order valence-electron chi connectivity index (χ2n) is 7.59. The molecule has 0 spiro atoms. The van der Waals surface area contributed by atoms with Gasteiger partial charge < -0.3 is 10.3 Å². The number of hydrogen-bond donors (Lipinski definition) is 2. The van der Waals surface area contributed by atoms with E-state index in [0.29, 0.717) is 30.0 Å². The maximum atomic E-state index is 14.7. The highest BCUT2D eigenvalue weighted by atomic mass is 19.1. The average molecular weight is 354 g/mol. The van der Waals surface area contributed by atoms with Crippen LogP contribution in [0, 0.1) is 12.7 Å². The van der Waals surface area contributed by atoms with Crippen LogP contribution in [0.4, 0.5) is 4.39 Å². The van der Waals surface area contributed by atoms with E-state index in [1.165, 1.54) is 6.07 Å². The van der Waals surface area contributed by atoms with Crippen LogP contribution >= 0.6 is 0 Å². The first-order chi connectivity index (χ1) is 12.5. The van der Waals surface area contributed by atoms with E-state index in [-0.39, 0.29) is 29.2 Å². The van der Waals surface area contributed by atoms with Crippen molar-refractivity contribution >= 4 is 5.91 Å². The lowest BCUT2D eigenvalue weighted by atomic mass is 9.87. The van der Waals surface area contributed by atoms with Crippen LogP contribution in [0.15, 0.2) is 35.1 Å². The number of carbonyl (C=O) groups is 1. The Morgan fingerprint density at radius 1 is 1.15 bits per heavy atom. The van der Waals surface area contributed by atoms with Crippen molar-refractivity contribution in [2.45, 2.75) is 56.9 Å². The van der Waals surface area contributed by atoms with Gasteiger partial charge in [0.05, 0.1) is 0 Å². The summed E-state index contributed by atoms with van der Waals surface area (Å²) in [6, 6.07) is 8.99. The second kappa shape index (κ2) is 6.71. The van der Waals surface area contributed by atoms with Gasteiger partial charge in [-0.3, -0.25) is 9.59 Å². The number of carbonyl (C=O) groups excluding carboxylic acids is 1. The lowest BCUT2D eigenvalue weighted by molar-refractivity contribution is -0.119. The van der Waals surface area contributed by atoms with Crippen molar-refractivity contribution < 1.29 is 9.18 Å². The molecular weight excluding hydrogens is 331 g/mol. The van der Waals surface area contributed by atoms with E-state index in [1.807, 2.05) is 25.1 Å². The fourth-order valence-electron chi connectivity index (χ4n) is 3.89. The number of amides is 1. The topological polar surface area (TPSA) is 62.0 Å². The van der Waals surface area contributed by atoms with Crippen LogP contribution in [-0.4, -0.2) is 16.9 Å². The Morgan fingerprint density at radius 2 is 1.96 bits per heavy atom. The Labute approximate surface area is 151 Å². The molecular formula is C21H23FN2O2. The molecule has 2 aliphatic rings. The molecule has 136 valence electrons. The zero-order valence-corrected chi connectivity index (χ0v) is 14.8. The number of halogens is 1. The van der Waals surface area contributed by atoms with E-state index in [9.17, 15) is 14.0 Å². The normalized spacial score (nSPS) is 20.8. The first-order valence-corrected chi connectivity index (χ1v) is 9.30. The fourth-order valence-corrected chi connectivity index (χ4v) is 3.89. The van der Waals surface area contributed by atoms with Gasteiger partial charge in [-0.15, -0.1) is 0 Å². The first kappa shape index (κ1) is 17.0. The molecule has 1 aromatic heterocycles. The third kappa shape index (κ3) is 3.43. The summed E-state index contributed by atoms with van der Waals surface area (Å²) < 4.78 is 14.7. The highest BCUT2D eigenvalue weighted by molar-refractivity contribution is 5.78. The lowest BCUT2D eigenvalue weighted by Crippen LogP contribution is -2.28. The van der Waals surface area contributed by atoms with Crippen molar-refractivity contribution in [1.29, 1.82) is 0 Å². The molecule has 2 heterocycles. The van der Waals surface area contributed by atoms with Gasteiger partial charge in [0.2, 0.25) is 5.91 Å². The van der Waals surface area contributed by atoms with Crippen molar-refractivity contribution in [3.05, 3.63) is 68.9 Å². The van der Waals surface area contributed by atoms with Crippen molar-refractivity contribution in [1.82, 2.24) is 10.3 Å². The third-order valence-electron chi connectivity index (χ3n) is 5.49. The Bertz CT molecular complexity index is 901. The standard InChI is InChI=1S/C21H23FN2O2/c1-12-2-6-16(18(22)10-12)17(11-14-5-9-20(25)23-14)19-8-7-15(13-3-4-13)21(26)24-19/h2,6-8,10,13-14,17H,3-5,9,11H2,1H3,(H,23,25)(H,24,26)/t14-,17?/m1/s1. The largest absolute Gasteiger partial charge is 0.353 e. The van der Waals surface area contributed by atoms with E-state index < -0.39 is 0 Å². The van der Waals surface area contributed by atoms with Crippen LogP contribution in [0.2, 0.25) is 0 Å². The smallest absolute Gasteiger partial charge is 0.251 e. The summed E-state index contributed by atoms with van der Waals surface area (Å²) >= 11 is 0. The molecule has 0 bridgehead atoms. The van der Waals surface area contributed by atoms with Gasteiger partial charge in [-0.2, -0.15) is 0 Å². The van der Waals surface area contributed by atoms with E-state index in [0.717, 1.165) is 30.4 Å². The van der Waals surface area contributed by atoms with Crippen LogP contribution in [-0.2, 0) is 4.79 Å². The number of nitrogens with one attached hydrogen (secondary N) is 2. The van der Waals surface area contributed by atoms with Gasteiger partial charge in [-0.25, -0.2) is 4.39 Å². The van der Waals surface area contributed by atoms with Crippen LogP contribution in [0.3, 0.4) is 0 Å². The molecule has 1 saturated carbocycles. The average Bonchev–Trinajstić information content (AvgIpc) is 3.35. The third-order valence-corrected chi connectivity index (χ3v) is 5.49. The molecule has 1 amide bonds. The summed E-state index contributed by atoms with van der Waals surface area (Å²) in [6.07, 6.45) is 3.95. The quantitative estimate of drug-likeness (QED) is 0.863. The van der Waals surface area contributed by atoms with Gasteiger partial charge in [0.25, 0.3) is 5.56 Å². The molecule has 2 atom stereocenters. The number of pyridine rings is 1. The number of aromatic amines is 1. The lowest BCUT2D eigenvalue weighted by Gasteiger charge is -2.22. The number of aryl methyl sites for hydroxylation is 1. The fraction of sp³-hybridized carbons (Fsp3) is 0.429. The van der Waals surface area contributed by atoms with Gasteiger partial charge in [-0.1, -0.05) is 18.2 Å². The van der Waals surface area contributed by atoms with E-state index in [1.54, 1.807) is 6.07 Å². The zero-order valence-electron chi connectivity index (χ0n) is 14.8. The molecule has 5 heteroatoms. The molecule has 1 aliphatic heterocycles. The van der Waals surface area contributed by atoms with Crippen molar-refractivity contribution in [2.24, 2.45) is 0 Å². The Morgan fingerprint density at radius 3 is 2.58 bits per heavy atom. The monoisotopic (exact) mass is 354 g/mol. The Balaban J connectivity index is 1.70. The maximum absolute atomic E-state index is 14.7. The van der Waals surface area contributed by atoms with Gasteiger partial charge in [0, 0.05) is 29.6 Å².